The van der Waals surface area contributed by atoms with Gasteiger partial charge in [-0.2, -0.15) is 11.8 Å². The van der Waals surface area contributed by atoms with Crippen LogP contribution < -0.4 is 10.6 Å². The van der Waals surface area contributed by atoms with Crippen LogP contribution in [0.1, 0.15) is 16.3 Å². The van der Waals surface area contributed by atoms with Gasteiger partial charge in [-0.15, -0.1) is 11.3 Å². The number of hydrogen-bond acceptors (Lipinski definition) is 5. The molecule has 0 bridgehead atoms. The minimum atomic E-state index is -0.671. The Balaban J connectivity index is 1.81. The van der Waals surface area contributed by atoms with Gasteiger partial charge in [-0.25, -0.2) is 4.98 Å². The highest BCUT2D eigenvalue weighted by Crippen LogP contribution is 2.11. The first-order valence-electron chi connectivity index (χ1n) is 7.16. The van der Waals surface area contributed by atoms with E-state index in [1.165, 1.54) is 16.9 Å². The lowest BCUT2D eigenvalue weighted by atomic mass is 10.1. The van der Waals surface area contributed by atoms with Crippen molar-refractivity contribution in [1.29, 1.82) is 0 Å². The standard InChI is InChI=1S/C16H19N3O2S2/c1-11-10-23-14(18-11)9-17-15(20)16(21)19-13-5-3-12(4-6-13)7-8-22-2/h3-6,10H,7-9H2,1-2H3,(H,17,20)(H,19,21). The number of aryl methyl sites for hydroxylation is 2. The Hall–Kier alpha value is -1.86. The molecule has 1 aromatic heterocycles. The average molecular weight is 349 g/mol. The Morgan fingerprint density at radius 1 is 1.22 bits per heavy atom. The summed E-state index contributed by atoms with van der Waals surface area (Å²) in [6.45, 7) is 2.15. The molecule has 0 aliphatic rings. The summed E-state index contributed by atoms with van der Waals surface area (Å²) in [6.07, 6.45) is 3.06. The molecular formula is C16H19N3O2S2. The molecule has 5 nitrogen and oxygen atoms in total. The summed E-state index contributed by atoms with van der Waals surface area (Å²) >= 11 is 3.25. The smallest absolute Gasteiger partial charge is 0.313 e. The van der Waals surface area contributed by atoms with Crippen LogP contribution in [-0.4, -0.2) is 28.8 Å². The molecule has 0 atom stereocenters. The second kappa shape index (κ2) is 8.69. The normalized spacial score (nSPS) is 10.3. The fourth-order valence-corrected chi connectivity index (χ4v) is 3.03. The number of anilines is 1. The van der Waals surface area contributed by atoms with E-state index in [1.807, 2.05) is 36.6 Å². The van der Waals surface area contributed by atoms with E-state index in [1.54, 1.807) is 11.8 Å². The maximum absolute atomic E-state index is 11.9. The molecule has 2 rings (SSSR count). The lowest BCUT2D eigenvalue weighted by Gasteiger charge is -2.06. The van der Waals surface area contributed by atoms with Gasteiger partial charge in [0.05, 0.1) is 6.54 Å². The van der Waals surface area contributed by atoms with Crippen LogP contribution in [0.15, 0.2) is 29.6 Å². The molecule has 0 aliphatic heterocycles. The highest BCUT2D eigenvalue weighted by Gasteiger charge is 2.14. The molecular weight excluding hydrogens is 330 g/mol. The first-order chi connectivity index (χ1) is 11.1. The molecule has 0 saturated carbocycles. The van der Waals surface area contributed by atoms with Gasteiger partial charge in [-0.3, -0.25) is 9.59 Å². The molecule has 0 aliphatic carbocycles. The monoisotopic (exact) mass is 349 g/mol. The lowest BCUT2D eigenvalue weighted by Crippen LogP contribution is -2.34. The molecule has 2 aromatic rings. The number of carbonyl (C=O) groups excluding carboxylic acids is 2. The fraction of sp³-hybridized carbons (Fsp3) is 0.312. The number of thiazole rings is 1. The number of rotatable bonds is 6. The van der Waals surface area contributed by atoms with Gasteiger partial charge in [0.15, 0.2) is 0 Å². The zero-order valence-electron chi connectivity index (χ0n) is 13.1. The number of carbonyl (C=O) groups is 2. The topological polar surface area (TPSA) is 71.1 Å². The Bertz CT molecular complexity index is 668. The SMILES string of the molecule is CSCCc1ccc(NC(=O)C(=O)NCc2nc(C)cs2)cc1. The number of aromatic nitrogens is 1. The molecule has 1 heterocycles. The summed E-state index contributed by atoms with van der Waals surface area (Å²) in [4.78, 5) is 27.9. The van der Waals surface area contributed by atoms with E-state index in [0.29, 0.717) is 5.69 Å². The van der Waals surface area contributed by atoms with Crippen molar-refractivity contribution >= 4 is 40.6 Å². The van der Waals surface area contributed by atoms with E-state index in [9.17, 15) is 9.59 Å². The molecule has 0 radical (unpaired) electrons. The summed E-state index contributed by atoms with van der Waals surface area (Å²) in [7, 11) is 0. The highest BCUT2D eigenvalue weighted by atomic mass is 32.2. The predicted octanol–water partition coefficient (Wildman–Crippen LogP) is 2.61. The Kier molecular flexibility index (Phi) is 6.61. The second-order valence-corrected chi connectivity index (χ2v) is 6.89. The molecule has 0 saturated heterocycles. The van der Waals surface area contributed by atoms with Crippen molar-refractivity contribution in [3.8, 4) is 0 Å². The van der Waals surface area contributed by atoms with E-state index >= 15 is 0 Å². The number of benzene rings is 1. The molecule has 0 spiro atoms. The van der Waals surface area contributed by atoms with Crippen LogP contribution in [0.5, 0.6) is 0 Å². The number of nitrogens with one attached hydrogen (secondary N) is 2. The van der Waals surface area contributed by atoms with Crippen molar-refractivity contribution in [3.63, 3.8) is 0 Å². The van der Waals surface area contributed by atoms with Gasteiger partial charge in [-0.1, -0.05) is 12.1 Å². The van der Waals surface area contributed by atoms with Gasteiger partial charge in [0.1, 0.15) is 5.01 Å². The molecule has 7 heteroatoms. The third kappa shape index (κ3) is 5.69. The molecule has 2 N–H and O–H groups in total. The van der Waals surface area contributed by atoms with Gasteiger partial charge in [0, 0.05) is 16.8 Å². The third-order valence-electron chi connectivity index (χ3n) is 3.08. The van der Waals surface area contributed by atoms with Crippen LogP contribution in [0.4, 0.5) is 5.69 Å². The molecule has 0 unspecified atom stereocenters. The van der Waals surface area contributed by atoms with Crippen LogP contribution in [0, 0.1) is 6.92 Å². The van der Waals surface area contributed by atoms with E-state index in [-0.39, 0.29) is 6.54 Å². The largest absolute Gasteiger partial charge is 0.341 e. The van der Waals surface area contributed by atoms with Crippen LogP contribution in [-0.2, 0) is 22.6 Å². The minimum Gasteiger partial charge on any atom is -0.341 e. The summed E-state index contributed by atoms with van der Waals surface area (Å²) in [5.41, 5.74) is 2.73. The van der Waals surface area contributed by atoms with E-state index < -0.39 is 11.8 Å². The number of hydrogen-bond donors (Lipinski definition) is 2. The summed E-state index contributed by atoms with van der Waals surface area (Å²) < 4.78 is 0. The number of thioether (sulfide) groups is 1. The second-order valence-electron chi connectivity index (χ2n) is 4.96. The third-order valence-corrected chi connectivity index (χ3v) is 4.66. The molecule has 0 fully saturated rings. The van der Waals surface area contributed by atoms with E-state index in [4.69, 9.17) is 0 Å². The summed E-state index contributed by atoms with van der Waals surface area (Å²) in [5.74, 6) is -0.274. The first-order valence-corrected chi connectivity index (χ1v) is 9.44. The van der Waals surface area contributed by atoms with Crippen molar-refractivity contribution in [1.82, 2.24) is 10.3 Å². The van der Waals surface area contributed by atoms with Gasteiger partial charge in [0.25, 0.3) is 0 Å². The van der Waals surface area contributed by atoms with Crippen molar-refractivity contribution in [3.05, 3.63) is 45.9 Å². The van der Waals surface area contributed by atoms with Crippen LogP contribution in [0.3, 0.4) is 0 Å². The van der Waals surface area contributed by atoms with Gasteiger partial charge >= 0.3 is 11.8 Å². The summed E-state index contributed by atoms with van der Waals surface area (Å²) in [5, 5.41) is 7.84. The van der Waals surface area contributed by atoms with Crippen LogP contribution in [0.25, 0.3) is 0 Å². The van der Waals surface area contributed by atoms with Crippen molar-refractivity contribution in [2.45, 2.75) is 19.9 Å². The maximum Gasteiger partial charge on any atom is 0.313 e. The number of amides is 2. The molecule has 23 heavy (non-hydrogen) atoms. The highest BCUT2D eigenvalue weighted by molar-refractivity contribution is 7.98. The number of nitrogens with zero attached hydrogens (tertiary/aromatic N) is 1. The van der Waals surface area contributed by atoms with Crippen molar-refractivity contribution in [2.75, 3.05) is 17.3 Å². The Morgan fingerprint density at radius 3 is 2.57 bits per heavy atom. The lowest BCUT2D eigenvalue weighted by molar-refractivity contribution is -0.136. The zero-order chi connectivity index (χ0) is 16.7. The molecule has 122 valence electrons. The first kappa shape index (κ1) is 17.5. The van der Waals surface area contributed by atoms with E-state index in [2.05, 4.69) is 21.9 Å². The van der Waals surface area contributed by atoms with E-state index in [0.717, 1.165) is 22.9 Å². The Morgan fingerprint density at radius 2 is 1.96 bits per heavy atom. The summed E-state index contributed by atoms with van der Waals surface area (Å²) in [6, 6.07) is 7.54. The van der Waals surface area contributed by atoms with Gasteiger partial charge in [0.2, 0.25) is 0 Å². The van der Waals surface area contributed by atoms with Crippen LogP contribution >= 0.6 is 23.1 Å². The van der Waals surface area contributed by atoms with Gasteiger partial charge < -0.3 is 10.6 Å². The zero-order valence-corrected chi connectivity index (χ0v) is 14.7. The predicted molar refractivity (Wildman–Crippen MR) is 95.9 cm³/mol. The minimum absolute atomic E-state index is 0.262. The quantitative estimate of drug-likeness (QED) is 0.787. The molecule has 2 amide bonds. The fourth-order valence-electron chi connectivity index (χ4n) is 1.88. The molecule has 1 aromatic carbocycles. The van der Waals surface area contributed by atoms with Crippen molar-refractivity contribution < 1.29 is 9.59 Å². The van der Waals surface area contributed by atoms with Crippen LogP contribution in [0.2, 0.25) is 0 Å². The average Bonchev–Trinajstić information content (AvgIpc) is 2.97. The Labute approximate surface area is 143 Å². The maximum atomic E-state index is 11.9. The van der Waals surface area contributed by atoms with Crippen molar-refractivity contribution in [2.24, 2.45) is 0 Å². The van der Waals surface area contributed by atoms with Gasteiger partial charge in [-0.05, 0) is 43.0 Å².